The number of rotatable bonds is 5. The first-order valence-corrected chi connectivity index (χ1v) is 17.2. The molecule has 5 heteroatoms. The lowest BCUT2D eigenvalue weighted by molar-refractivity contribution is 1.06. The number of aromatic nitrogens is 4. The standard InChI is InChI=1S/C45H28N4S/c1-3-14-29(15-4-1)43-46-44(30-16-5-2-6-17-30)48-45(47-43)37-27-26-31(32-21-13-22-36-35-20-9-12-25-41(35)50-42(32)36)28-40(37)49-38-23-10-7-18-33(38)34-19-8-11-24-39(34)49/h1-28H/i7D,8D,23D,24D. The van der Waals surface area contributed by atoms with Crippen molar-refractivity contribution in [3.8, 4) is 51.0 Å². The molecule has 50 heavy (non-hydrogen) atoms. The van der Waals surface area contributed by atoms with E-state index >= 15 is 0 Å². The van der Waals surface area contributed by atoms with Crippen LogP contribution >= 0.6 is 11.3 Å². The summed E-state index contributed by atoms with van der Waals surface area (Å²) in [4.78, 5) is 15.1. The van der Waals surface area contributed by atoms with Gasteiger partial charge in [0.05, 0.1) is 22.2 Å². The summed E-state index contributed by atoms with van der Waals surface area (Å²) in [5.41, 5.74) is 6.14. The van der Waals surface area contributed by atoms with Crippen LogP contribution in [0.3, 0.4) is 0 Å². The molecule has 0 N–H and O–H groups in total. The second kappa shape index (κ2) is 11.6. The van der Waals surface area contributed by atoms with E-state index in [1.165, 1.54) is 27.6 Å². The summed E-state index contributed by atoms with van der Waals surface area (Å²) in [6.45, 7) is 0. The molecular weight excluding hydrogens is 629 g/mol. The zero-order chi connectivity index (χ0) is 36.5. The number of thiophene rings is 1. The molecule has 0 saturated carbocycles. The lowest BCUT2D eigenvalue weighted by Crippen LogP contribution is -2.04. The van der Waals surface area contributed by atoms with Gasteiger partial charge in [-0.05, 0) is 41.4 Å². The molecule has 0 bridgehead atoms. The first-order valence-electron chi connectivity index (χ1n) is 18.4. The van der Waals surface area contributed by atoms with Gasteiger partial charge in [0, 0.05) is 47.6 Å². The molecule has 0 spiro atoms. The number of nitrogens with zero attached hydrogens (tertiary/aromatic N) is 4. The highest BCUT2D eigenvalue weighted by Gasteiger charge is 2.21. The predicted octanol–water partition coefficient (Wildman–Crippen LogP) is 12.0. The molecule has 0 amide bonds. The average Bonchev–Trinajstić information content (AvgIpc) is 3.74. The van der Waals surface area contributed by atoms with Gasteiger partial charge in [0.25, 0.3) is 0 Å². The zero-order valence-electron chi connectivity index (χ0n) is 30.6. The van der Waals surface area contributed by atoms with Gasteiger partial charge < -0.3 is 4.57 Å². The lowest BCUT2D eigenvalue weighted by Gasteiger charge is -2.16. The maximum Gasteiger partial charge on any atom is 0.166 e. The lowest BCUT2D eigenvalue weighted by atomic mass is 9.99. The molecule has 0 radical (unpaired) electrons. The van der Waals surface area contributed by atoms with Crippen molar-refractivity contribution >= 4 is 53.3 Å². The Labute approximate surface area is 298 Å². The van der Waals surface area contributed by atoms with Crippen molar-refractivity contribution < 1.29 is 5.48 Å². The van der Waals surface area contributed by atoms with Crippen LogP contribution in [0, 0.1) is 0 Å². The SMILES string of the molecule is [2H]c1cc([2H])c2c(c1)c1cc([2H])cc([2H])c1n2-c1cc(-c2cccc3c2sc2ccccc23)ccc1-c1nc(-c2ccccc2)nc(-c2ccccc2)n1. The minimum atomic E-state index is 0.146. The fraction of sp³-hybridized carbons (Fsp3) is 0. The first-order chi connectivity index (χ1) is 26.4. The molecule has 0 fully saturated rings. The fourth-order valence-corrected chi connectivity index (χ4v) is 8.11. The van der Waals surface area contributed by atoms with Crippen LogP contribution in [0.2, 0.25) is 0 Å². The van der Waals surface area contributed by atoms with E-state index in [-0.39, 0.29) is 24.2 Å². The highest BCUT2D eigenvalue weighted by atomic mass is 32.1. The third kappa shape index (κ3) is 4.63. The molecule has 3 aromatic heterocycles. The van der Waals surface area contributed by atoms with Gasteiger partial charge in [-0.25, -0.2) is 15.0 Å². The summed E-state index contributed by atoms with van der Waals surface area (Å²) in [5.74, 6) is 1.48. The van der Waals surface area contributed by atoms with Gasteiger partial charge in [0.2, 0.25) is 0 Å². The molecule has 0 aliphatic rings. The molecule has 4 nitrogen and oxygen atoms in total. The third-order valence-electron chi connectivity index (χ3n) is 9.18. The monoisotopic (exact) mass is 660 g/mol. The van der Waals surface area contributed by atoms with E-state index < -0.39 is 0 Å². The summed E-state index contributed by atoms with van der Waals surface area (Å²) >= 11 is 1.76. The fourth-order valence-electron chi connectivity index (χ4n) is 6.87. The van der Waals surface area contributed by atoms with Crippen LogP contribution in [0.5, 0.6) is 0 Å². The van der Waals surface area contributed by atoms with Crippen LogP contribution in [0.15, 0.2) is 170 Å². The number of para-hydroxylation sites is 2. The minimum absolute atomic E-state index is 0.146. The van der Waals surface area contributed by atoms with Crippen LogP contribution < -0.4 is 0 Å². The second-order valence-corrected chi connectivity index (χ2v) is 13.2. The summed E-state index contributed by atoms with van der Waals surface area (Å²) in [7, 11) is 0. The zero-order valence-corrected chi connectivity index (χ0v) is 27.4. The van der Waals surface area contributed by atoms with Gasteiger partial charge >= 0.3 is 0 Å². The normalized spacial score (nSPS) is 12.7. The smallest absolute Gasteiger partial charge is 0.166 e. The average molecular weight is 661 g/mol. The summed E-state index contributed by atoms with van der Waals surface area (Å²) in [6.07, 6.45) is 0. The second-order valence-electron chi connectivity index (χ2n) is 12.1. The summed E-state index contributed by atoms with van der Waals surface area (Å²) in [5, 5.41) is 3.67. The van der Waals surface area contributed by atoms with Gasteiger partial charge in [0.15, 0.2) is 17.5 Å². The summed E-state index contributed by atoms with van der Waals surface area (Å²) < 4.78 is 39.8. The number of hydrogen-bond donors (Lipinski definition) is 0. The van der Waals surface area contributed by atoms with E-state index in [0.29, 0.717) is 50.5 Å². The number of benzene rings is 7. The topological polar surface area (TPSA) is 43.6 Å². The number of fused-ring (bicyclic) bond motifs is 6. The maximum atomic E-state index is 9.22. The minimum Gasteiger partial charge on any atom is -0.308 e. The Morgan fingerprint density at radius 3 is 1.74 bits per heavy atom. The van der Waals surface area contributed by atoms with E-state index in [0.717, 1.165) is 27.0 Å². The van der Waals surface area contributed by atoms with Crippen LogP contribution in [-0.4, -0.2) is 19.5 Å². The van der Waals surface area contributed by atoms with Crippen molar-refractivity contribution in [1.29, 1.82) is 0 Å². The van der Waals surface area contributed by atoms with Gasteiger partial charge in [-0.15, -0.1) is 11.3 Å². The number of hydrogen-bond acceptors (Lipinski definition) is 4. The van der Waals surface area contributed by atoms with Gasteiger partial charge in [-0.1, -0.05) is 139 Å². The van der Waals surface area contributed by atoms with E-state index in [4.69, 9.17) is 17.7 Å². The molecule has 3 heterocycles. The van der Waals surface area contributed by atoms with Gasteiger partial charge in [0.1, 0.15) is 0 Å². The van der Waals surface area contributed by atoms with Crippen molar-refractivity contribution in [2.75, 3.05) is 0 Å². The molecule has 0 unspecified atom stereocenters. The van der Waals surface area contributed by atoms with Crippen LogP contribution in [0.1, 0.15) is 5.48 Å². The molecule has 0 saturated heterocycles. The molecular formula is C45H28N4S. The van der Waals surface area contributed by atoms with Crippen LogP contribution in [0.25, 0.3) is 93.0 Å². The van der Waals surface area contributed by atoms with E-state index in [1.54, 1.807) is 23.5 Å². The van der Waals surface area contributed by atoms with E-state index in [9.17, 15) is 2.74 Å². The highest BCUT2D eigenvalue weighted by molar-refractivity contribution is 7.26. The Kier molecular flexibility index (Phi) is 5.73. The van der Waals surface area contributed by atoms with Crippen molar-refractivity contribution in [1.82, 2.24) is 19.5 Å². The largest absolute Gasteiger partial charge is 0.308 e. The molecule has 234 valence electrons. The van der Waals surface area contributed by atoms with Crippen molar-refractivity contribution in [3.63, 3.8) is 0 Å². The van der Waals surface area contributed by atoms with E-state index in [2.05, 4.69) is 54.6 Å². The van der Waals surface area contributed by atoms with Gasteiger partial charge in [-0.2, -0.15) is 0 Å². The van der Waals surface area contributed by atoms with Crippen molar-refractivity contribution in [3.05, 3.63) is 170 Å². The Morgan fingerprint density at radius 2 is 1.06 bits per heavy atom. The molecule has 0 atom stereocenters. The quantitative estimate of drug-likeness (QED) is 0.184. The predicted molar refractivity (Wildman–Crippen MR) is 209 cm³/mol. The summed E-state index contributed by atoms with van der Waals surface area (Å²) in [6, 6.07) is 47.9. The Morgan fingerprint density at radius 1 is 0.460 bits per heavy atom. The third-order valence-corrected chi connectivity index (χ3v) is 10.4. The molecule has 10 aromatic rings. The Bertz CT molecular complexity index is 2980. The van der Waals surface area contributed by atoms with Crippen LogP contribution in [0.4, 0.5) is 0 Å². The van der Waals surface area contributed by atoms with Gasteiger partial charge in [-0.3, -0.25) is 0 Å². The van der Waals surface area contributed by atoms with Crippen LogP contribution in [-0.2, 0) is 0 Å². The Balaban J connectivity index is 1.33. The first kappa shape index (κ1) is 24.7. The highest BCUT2D eigenvalue weighted by Crippen LogP contribution is 2.42. The molecule has 7 aromatic carbocycles. The van der Waals surface area contributed by atoms with E-state index in [1.807, 2.05) is 71.3 Å². The molecule has 0 aliphatic carbocycles. The maximum absolute atomic E-state index is 9.22. The molecule has 10 rings (SSSR count). The Hall–Kier alpha value is -6.43. The van der Waals surface area contributed by atoms with Crippen molar-refractivity contribution in [2.45, 2.75) is 0 Å². The molecule has 0 aliphatic heterocycles. The van der Waals surface area contributed by atoms with Crippen molar-refractivity contribution in [2.24, 2.45) is 0 Å².